The second-order valence-electron chi connectivity index (χ2n) is 6.71. The molecule has 2 aliphatic rings. The van der Waals surface area contributed by atoms with Crippen molar-refractivity contribution in [1.82, 2.24) is 29.7 Å². The zero-order chi connectivity index (χ0) is 17.5. The van der Waals surface area contributed by atoms with E-state index in [-0.39, 0.29) is 5.82 Å². The molecular formula is C17H17FN8. The van der Waals surface area contributed by atoms with Gasteiger partial charge in [-0.25, -0.2) is 29.0 Å². The van der Waals surface area contributed by atoms with E-state index >= 15 is 0 Å². The minimum absolute atomic E-state index is 0.357. The number of aromatic nitrogens is 6. The van der Waals surface area contributed by atoms with Gasteiger partial charge in [-0.05, 0) is 6.07 Å². The van der Waals surface area contributed by atoms with Crippen LogP contribution in [0.4, 0.5) is 16.0 Å². The SMILES string of the molecule is Fc1cncnc1N1CC2CN(c3cc(-n4cccn4)ncn3)CC2C1. The van der Waals surface area contributed by atoms with Crippen LogP contribution in [-0.4, -0.2) is 55.9 Å². The van der Waals surface area contributed by atoms with Crippen molar-refractivity contribution in [2.45, 2.75) is 0 Å². The van der Waals surface area contributed by atoms with E-state index in [1.807, 2.05) is 23.2 Å². The van der Waals surface area contributed by atoms with Gasteiger partial charge in [-0.2, -0.15) is 5.10 Å². The summed E-state index contributed by atoms with van der Waals surface area (Å²) < 4.78 is 15.7. The van der Waals surface area contributed by atoms with Gasteiger partial charge in [0.15, 0.2) is 17.5 Å². The Kier molecular flexibility index (Phi) is 3.51. The first-order valence-corrected chi connectivity index (χ1v) is 8.55. The third kappa shape index (κ3) is 2.56. The smallest absolute Gasteiger partial charge is 0.183 e. The van der Waals surface area contributed by atoms with Crippen molar-refractivity contribution in [2.24, 2.45) is 11.8 Å². The van der Waals surface area contributed by atoms with Crippen LogP contribution in [0.5, 0.6) is 0 Å². The summed E-state index contributed by atoms with van der Waals surface area (Å²) in [4.78, 5) is 20.8. The van der Waals surface area contributed by atoms with E-state index in [2.05, 4.69) is 29.9 Å². The van der Waals surface area contributed by atoms with Gasteiger partial charge in [0.1, 0.15) is 18.5 Å². The van der Waals surface area contributed by atoms with E-state index in [1.165, 1.54) is 12.5 Å². The van der Waals surface area contributed by atoms with E-state index in [0.29, 0.717) is 17.7 Å². The normalized spacial score (nSPS) is 22.0. The molecule has 0 N–H and O–H groups in total. The Labute approximate surface area is 149 Å². The predicted molar refractivity (Wildman–Crippen MR) is 92.6 cm³/mol. The van der Waals surface area contributed by atoms with Gasteiger partial charge < -0.3 is 9.80 Å². The Bertz CT molecular complexity index is 901. The van der Waals surface area contributed by atoms with Gasteiger partial charge in [0.25, 0.3) is 0 Å². The van der Waals surface area contributed by atoms with Crippen LogP contribution in [0.25, 0.3) is 5.82 Å². The standard InChI is InChI=1S/C17H17FN8/c18-14-5-19-10-22-17(14)25-8-12-6-24(7-13(12)9-25)15-4-16(21-11-20-15)26-3-1-2-23-26/h1-5,10-13H,6-9H2. The number of hydrogen-bond acceptors (Lipinski definition) is 7. The van der Waals surface area contributed by atoms with Gasteiger partial charge in [0, 0.05) is 56.5 Å². The lowest BCUT2D eigenvalue weighted by atomic mass is 10.0. The molecule has 8 nitrogen and oxygen atoms in total. The second-order valence-corrected chi connectivity index (χ2v) is 6.71. The fourth-order valence-corrected chi connectivity index (χ4v) is 3.93. The van der Waals surface area contributed by atoms with Crippen LogP contribution in [0.3, 0.4) is 0 Å². The van der Waals surface area contributed by atoms with Crippen molar-refractivity contribution in [1.29, 1.82) is 0 Å². The van der Waals surface area contributed by atoms with Gasteiger partial charge in [-0.15, -0.1) is 0 Å². The van der Waals surface area contributed by atoms with Crippen molar-refractivity contribution in [3.8, 4) is 5.82 Å². The van der Waals surface area contributed by atoms with E-state index in [0.717, 1.165) is 37.8 Å². The van der Waals surface area contributed by atoms with E-state index in [9.17, 15) is 4.39 Å². The molecule has 0 aliphatic carbocycles. The first-order chi connectivity index (χ1) is 12.8. The number of fused-ring (bicyclic) bond motifs is 1. The predicted octanol–water partition coefficient (Wildman–Crippen LogP) is 1.16. The topological polar surface area (TPSA) is 75.9 Å². The van der Waals surface area contributed by atoms with Crippen LogP contribution >= 0.6 is 0 Å². The maximum atomic E-state index is 13.9. The highest BCUT2D eigenvalue weighted by molar-refractivity contribution is 5.47. The number of nitrogens with zero attached hydrogens (tertiary/aromatic N) is 8. The van der Waals surface area contributed by atoms with Crippen LogP contribution in [0.1, 0.15) is 0 Å². The van der Waals surface area contributed by atoms with Crippen LogP contribution in [0, 0.1) is 17.7 Å². The first kappa shape index (κ1) is 15.2. The minimum atomic E-state index is -0.357. The number of rotatable bonds is 3. The molecule has 2 atom stereocenters. The van der Waals surface area contributed by atoms with Crippen LogP contribution < -0.4 is 9.80 Å². The number of hydrogen-bond donors (Lipinski definition) is 0. The molecule has 0 spiro atoms. The van der Waals surface area contributed by atoms with E-state index < -0.39 is 0 Å². The Hall–Kier alpha value is -3.10. The molecule has 0 saturated carbocycles. The van der Waals surface area contributed by atoms with Gasteiger partial charge in [-0.3, -0.25) is 0 Å². The maximum Gasteiger partial charge on any atom is 0.183 e. The highest BCUT2D eigenvalue weighted by Crippen LogP contribution is 2.35. The number of anilines is 2. The summed E-state index contributed by atoms with van der Waals surface area (Å²) in [5.41, 5.74) is 0. The fraction of sp³-hybridized carbons (Fsp3) is 0.353. The summed E-state index contributed by atoms with van der Waals surface area (Å²) in [5, 5.41) is 4.22. The quantitative estimate of drug-likeness (QED) is 0.700. The summed E-state index contributed by atoms with van der Waals surface area (Å²) in [6.45, 7) is 3.38. The van der Waals surface area contributed by atoms with Crippen LogP contribution in [0.2, 0.25) is 0 Å². The third-order valence-corrected chi connectivity index (χ3v) is 5.14. The molecule has 0 amide bonds. The Morgan fingerprint density at radius 2 is 1.69 bits per heavy atom. The highest BCUT2D eigenvalue weighted by atomic mass is 19.1. The van der Waals surface area contributed by atoms with Crippen molar-refractivity contribution in [2.75, 3.05) is 36.0 Å². The molecule has 0 aromatic carbocycles. The largest absolute Gasteiger partial charge is 0.356 e. The summed E-state index contributed by atoms with van der Waals surface area (Å²) in [6, 6.07) is 3.82. The molecule has 2 unspecified atom stereocenters. The maximum absolute atomic E-state index is 13.9. The minimum Gasteiger partial charge on any atom is -0.356 e. The monoisotopic (exact) mass is 352 g/mol. The van der Waals surface area contributed by atoms with E-state index in [1.54, 1.807) is 17.2 Å². The van der Waals surface area contributed by atoms with Crippen molar-refractivity contribution >= 4 is 11.6 Å². The van der Waals surface area contributed by atoms with Crippen LogP contribution in [0.15, 0.2) is 43.4 Å². The lowest BCUT2D eigenvalue weighted by Gasteiger charge is -2.23. The zero-order valence-electron chi connectivity index (χ0n) is 14.0. The summed E-state index contributed by atoms with van der Waals surface area (Å²) in [7, 11) is 0. The summed E-state index contributed by atoms with van der Waals surface area (Å²) >= 11 is 0. The average molecular weight is 352 g/mol. The molecule has 0 bridgehead atoms. The lowest BCUT2D eigenvalue weighted by molar-refractivity contribution is 0.533. The molecule has 2 fully saturated rings. The van der Waals surface area contributed by atoms with Gasteiger partial charge >= 0.3 is 0 Å². The zero-order valence-corrected chi connectivity index (χ0v) is 14.0. The molecule has 5 heterocycles. The van der Waals surface area contributed by atoms with Gasteiger partial charge in [0.05, 0.1) is 6.20 Å². The van der Waals surface area contributed by atoms with Gasteiger partial charge in [-0.1, -0.05) is 0 Å². The number of halogens is 1. The molecule has 3 aromatic heterocycles. The van der Waals surface area contributed by atoms with Crippen molar-refractivity contribution < 1.29 is 4.39 Å². The molecule has 0 radical (unpaired) electrons. The Balaban J connectivity index is 1.31. The van der Waals surface area contributed by atoms with Crippen molar-refractivity contribution in [3.63, 3.8) is 0 Å². The van der Waals surface area contributed by atoms with Crippen LogP contribution in [-0.2, 0) is 0 Å². The molecule has 2 aliphatic heterocycles. The van der Waals surface area contributed by atoms with E-state index in [4.69, 9.17) is 0 Å². The highest BCUT2D eigenvalue weighted by Gasteiger charge is 2.41. The van der Waals surface area contributed by atoms with Gasteiger partial charge in [0.2, 0.25) is 0 Å². The third-order valence-electron chi connectivity index (χ3n) is 5.14. The summed E-state index contributed by atoms with van der Waals surface area (Å²) in [6.07, 6.45) is 7.78. The van der Waals surface area contributed by atoms with Crippen molar-refractivity contribution in [3.05, 3.63) is 49.2 Å². The molecule has 9 heteroatoms. The lowest BCUT2D eigenvalue weighted by Crippen LogP contribution is -2.30. The Morgan fingerprint density at radius 1 is 0.923 bits per heavy atom. The molecular weight excluding hydrogens is 335 g/mol. The fourth-order valence-electron chi connectivity index (χ4n) is 3.93. The molecule has 26 heavy (non-hydrogen) atoms. The molecule has 5 rings (SSSR count). The first-order valence-electron chi connectivity index (χ1n) is 8.55. The molecule has 132 valence electrons. The second kappa shape index (κ2) is 6.01. The molecule has 3 aromatic rings. The average Bonchev–Trinajstić information content (AvgIpc) is 3.38. The Morgan fingerprint density at radius 3 is 2.42 bits per heavy atom. The molecule has 2 saturated heterocycles. The summed E-state index contributed by atoms with van der Waals surface area (Å²) in [5.74, 6) is 2.63.